The molecule has 0 unspecified atom stereocenters. The van der Waals surface area contributed by atoms with Crippen molar-refractivity contribution in [1.82, 2.24) is 0 Å². The minimum absolute atomic E-state index is 0.918. The maximum Gasteiger partial charge on any atom is 0.119 e. The van der Waals surface area contributed by atoms with E-state index >= 15 is 0 Å². The first-order valence-electron chi connectivity index (χ1n) is 4.82. The van der Waals surface area contributed by atoms with E-state index in [4.69, 9.17) is 4.74 Å². The number of hydrogen-bond acceptors (Lipinski definition) is 2. The minimum atomic E-state index is 0.918. The zero-order valence-electron chi connectivity index (χ0n) is 8.36. The predicted octanol–water partition coefficient (Wildman–Crippen LogP) is 4.06. The predicted molar refractivity (Wildman–Crippen MR) is 65.9 cm³/mol. The largest absolute Gasteiger partial charge is 0.497 e. The van der Waals surface area contributed by atoms with Gasteiger partial charge in [0, 0.05) is 10.1 Å². The van der Waals surface area contributed by atoms with E-state index in [1.807, 2.05) is 6.07 Å². The maximum atomic E-state index is 5.25. The fraction of sp³-hybridized carbons (Fsp3) is 0.0769. The molecule has 0 bridgehead atoms. The third kappa shape index (κ3) is 1.29. The lowest BCUT2D eigenvalue weighted by Gasteiger charge is -2.03. The summed E-state index contributed by atoms with van der Waals surface area (Å²) >= 11 is 1.77. The summed E-state index contributed by atoms with van der Waals surface area (Å²) < 4.78 is 6.58. The average molecular weight is 214 g/mol. The number of benzene rings is 2. The number of rotatable bonds is 1. The number of fused-ring (bicyclic) bond motifs is 3. The van der Waals surface area contributed by atoms with Gasteiger partial charge in [0.05, 0.1) is 7.11 Å². The van der Waals surface area contributed by atoms with Crippen LogP contribution in [0.25, 0.3) is 20.9 Å². The smallest absolute Gasteiger partial charge is 0.119 e. The molecule has 0 fully saturated rings. The first-order chi connectivity index (χ1) is 7.38. The van der Waals surface area contributed by atoms with E-state index in [0.717, 1.165) is 5.75 Å². The molecule has 0 N–H and O–H groups in total. The van der Waals surface area contributed by atoms with E-state index in [1.54, 1.807) is 18.4 Å². The highest BCUT2D eigenvalue weighted by Gasteiger charge is 2.02. The molecule has 1 aromatic heterocycles. The van der Waals surface area contributed by atoms with Crippen LogP contribution >= 0.6 is 11.3 Å². The Morgan fingerprint density at radius 3 is 2.73 bits per heavy atom. The highest BCUT2D eigenvalue weighted by Crippen LogP contribution is 2.31. The molecule has 0 aliphatic rings. The van der Waals surface area contributed by atoms with Crippen LogP contribution in [0, 0.1) is 0 Å². The van der Waals surface area contributed by atoms with Crippen LogP contribution < -0.4 is 4.74 Å². The van der Waals surface area contributed by atoms with Gasteiger partial charge in [-0.1, -0.05) is 12.1 Å². The summed E-state index contributed by atoms with van der Waals surface area (Å²) in [6.07, 6.45) is 0. The second-order valence-electron chi connectivity index (χ2n) is 3.49. The van der Waals surface area contributed by atoms with Crippen molar-refractivity contribution in [2.45, 2.75) is 0 Å². The van der Waals surface area contributed by atoms with Crippen LogP contribution in [0.5, 0.6) is 5.75 Å². The second kappa shape index (κ2) is 3.24. The lowest BCUT2D eigenvalue weighted by atomic mass is 10.1. The van der Waals surface area contributed by atoms with E-state index in [-0.39, 0.29) is 0 Å². The fourth-order valence-corrected chi connectivity index (χ4v) is 2.68. The first-order valence-corrected chi connectivity index (χ1v) is 5.70. The Morgan fingerprint density at radius 1 is 1.00 bits per heavy atom. The summed E-state index contributed by atoms with van der Waals surface area (Å²) in [5.41, 5.74) is 0. The quantitative estimate of drug-likeness (QED) is 0.593. The van der Waals surface area contributed by atoms with Crippen LogP contribution in [0.1, 0.15) is 0 Å². The molecule has 0 amide bonds. The summed E-state index contributed by atoms with van der Waals surface area (Å²) in [5, 5.41) is 5.98. The molecule has 1 heterocycles. The Hall–Kier alpha value is -1.54. The minimum Gasteiger partial charge on any atom is -0.497 e. The van der Waals surface area contributed by atoms with Crippen molar-refractivity contribution in [3.8, 4) is 5.75 Å². The van der Waals surface area contributed by atoms with Crippen molar-refractivity contribution in [3.05, 3.63) is 41.8 Å². The number of ether oxygens (including phenoxy) is 1. The fourth-order valence-electron chi connectivity index (χ4n) is 1.88. The van der Waals surface area contributed by atoms with Crippen LogP contribution in [-0.4, -0.2) is 7.11 Å². The van der Waals surface area contributed by atoms with Crippen molar-refractivity contribution in [1.29, 1.82) is 0 Å². The first kappa shape index (κ1) is 8.74. The second-order valence-corrected chi connectivity index (χ2v) is 4.43. The molecule has 0 aliphatic heterocycles. The van der Waals surface area contributed by atoms with E-state index in [1.165, 1.54) is 20.9 Å². The molecule has 0 aliphatic carbocycles. The van der Waals surface area contributed by atoms with E-state index in [9.17, 15) is 0 Å². The Morgan fingerprint density at radius 2 is 1.87 bits per heavy atom. The summed E-state index contributed by atoms with van der Waals surface area (Å²) in [5.74, 6) is 0.918. The molecular weight excluding hydrogens is 204 g/mol. The van der Waals surface area contributed by atoms with Gasteiger partial charge in [-0.25, -0.2) is 0 Å². The summed E-state index contributed by atoms with van der Waals surface area (Å²) in [7, 11) is 1.70. The van der Waals surface area contributed by atoms with Crippen molar-refractivity contribution in [3.63, 3.8) is 0 Å². The van der Waals surface area contributed by atoms with Crippen LogP contribution in [0.4, 0.5) is 0 Å². The standard InChI is InChI=1S/C13H10OS/c1-14-10-4-2-9-3-5-13-11(6-7-15-13)12(9)8-10/h2-8H,1H3. The highest BCUT2D eigenvalue weighted by atomic mass is 32.1. The van der Waals surface area contributed by atoms with Gasteiger partial charge in [-0.3, -0.25) is 0 Å². The van der Waals surface area contributed by atoms with Crippen LogP contribution in [-0.2, 0) is 0 Å². The Balaban J connectivity index is 2.48. The SMILES string of the molecule is COc1ccc2ccc3sccc3c2c1. The zero-order chi connectivity index (χ0) is 10.3. The molecule has 3 aromatic rings. The Kier molecular flexibility index (Phi) is 1.89. The van der Waals surface area contributed by atoms with Gasteiger partial charge in [-0.05, 0) is 40.4 Å². The summed E-state index contributed by atoms with van der Waals surface area (Å²) in [6.45, 7) is 0. The van der Waals surface area contributed by atoms with Crippen LogP contribution in [0.3, 0.4) is 0 Å². The van der Waals surface area contributed by atoms with Gasteiger partial charge in [-0.2, -0.15) is 0 Å². The molecule has 1 nitrogen and oxygen atoms in total. The number of methoxy groups -OCH3 is 1. The monoisotopic (exact) mass is 214 g/mol. The van der Waals surface area contributed by atoms with Crippen molar-refractivity contribution >= 4 is 32.2 Å². The number of thiophene rings is 1. The normalized spacial score (nSPS) is 11.0. The van der Waals surface area contributed by atoms with Crippen molar-refractivity contribution in [2.75, 3.05) is 7.11 Å². The molecule has 2 heteroatoms. The molecule has 0 radical (unpaired) electrons. The lowest BCUT2D eigenvalue weighted by molar-refractivity contribution is 0.415. The molecule has 3 rings (SSSR count). The van der Waals surface area contributed by atoms with E-state index in [2.05, 4.69) is 35.7 Å². The lowest BCUT2D eigenvalue weighted by Crippen LogP contribution is -1.82. The summed E-state index contributed by atoms with van der Waals surface area (Å²) in [4.78, 5) is 0. The van der Waals surface area contributed by atoms with Gasteiger partial charge in [0.2, 0.25) is 0 Å². The van der Waals surface area contributed by atoms with Crippen molar-refractivity contribution in [2.24, 2.45) is 0 Å². The Labute approximate surface area is 91.9 Å². The molecular formula is C13H10OS. The average Bonchev–Trinajstić information content (AvgIpc) is 2.76. The van der Waals surface area contributed by atoms with Gasteiger partial charge >= 0.3 is 0 Å². The molecule has 15 heavy (non-hydrogen) atoms. The molecule has 0 saturated carbocycles. The Bertz CT molecular complexity index is 625. The van der Waals surface area contributed by atoms with Gasteiger partial charge in [0.25, 0.3) is 0 Å². The number of hydrogen-bond donors (Lipinski definition) is 0. The van der Waals surface area contributed by atoms with Gasteiger partial charge in [0.1, 0.15) is 5.75 Å². The van der Waals surface area contributed by atoms with E-state index in [0.29, 0.717) is 0 Å². The topological polar surface area (TPSA) is 9.23 Å². The molecule has 0 saturated heterocycles. The van der Waals surface area contributed by atoms with Gasteiger partial charge in [0.15, 0.2) is 0 Å². The van der Waals surface area contributed by atoms with Crippen molar-refractivity contribution < 1.29 is 4.74 Å². The molecule has 74 valence electrons. The third-order valence-electron chi connectivity index (χ3n) is 2.66. The molecule has 2 aromatic carbocycles. The maximum absolute atomic E-state index is 5.25. The van der Waals surface area contributed by atoms with Gasteiger partial charge < -0.3 is 4.74 Å². The highest BCUT2D eigenvalue weighted by molar-refractivity contribution is 7.17. The molecule has 0 atom stereocenters. The zero-order valence-corrected chi connectivity index (χ0v) is 9.17. The molecule has 0 spiro atoms. The van der Waals surface area contributed by atoms with E-state index < -0.39 is 0 Å². The van der Waals surface area contributed by atoms with Gasteiger partial charge in [-0.15, -0.1) is 11.3 Å². The van der Waals surface area contributed by atoms with Crippen LogP contribution in [0.2, 0.25) is 0 Å². The summed E-state index contributed by atoms with van der Waals surface area (Å²) in [6, 6.07) is 12.7. The third-order valence-corrected chi connectivity index (χ3v) is 3.54. The van der Waals surface area contributed by atoms with Crippen LogP contribution in [0.15, 0.2) is 41.8 Å².